The lowest BCUT2D eigenvalue weighted by molar-refractivity contribution is -0.118. The van der Waals surface area contributed by atoms with Gasteiger partial charge < -0.3 is 5.32 Å². The fraction of sp³-hybridized carbons (Fsp3) is 0.231. The van der Waals surface area contributed by atoms with Crippen LogP contribution in [0, 0.1) is 0 Å². The SMILES string of the molecule is O=C(CCl)NCc1ccn(Cc2ccccc2)n1. The number of nitrogens with zero attached hydrogens (tertiary/aromatic N) is 2. The van der Waals surface area contributed by atoms with Crippen LogP contribution in [0.2, 0.25) is 0 Å². The summed E-state index contributed by atoms with van der Waals surface area (Å²) < 4.78 is 1.84. The van der Waals surface area contributed by atoms with E-state index in [1.807, 2.05) is 35.1 Å². The predicted octanol–water partition coefficient (Wildman–Crippen LogP) is 1.79. The van der Waals surface area contributed by atoms with E-state index in [1.54, 1.807) is 0 Å². The monoisotopic (exact) mass is 263 g/mol. The average Bonchev–Trinajstić information content (AvgIpc) is 2.85. The molecular formula is C13H14ClN3O. The quantitative estimate of drug-likeness (QED) is 0.836. The first-order chi connectivity index (χ1) is 8.78. The number of benzene rings is 1. The van der Waals surface area contributed by atoms with Gasteiger partial charge in [-0.2, -0.15) is 5.10 Å². The molecule has 0 unspecified atom stereocenters. The van der Waals surface area contributed by atoms with Crippen LogP contribution in [0.3, 0.4) is 0 Å². The lowest BCUT2D eigenvalue weighted by Gasteiger charge is -2.02. The second-order valence-corrected chi connectivity index (χ2v) is 4.17. The minimum absolute atomic E-state index is 0.0231. The Morgan fingerprint density at radius 3 is 2.78 bits per heavy atom. The van der Waals surface area contributed by atoms with Crippen LogP contribution >= 0.6 is 11.6 Å². The first-order valence-electron chi connectivity index (χ1n) is 5.67. The Balaban J connectivity index is 1.92. The number of alkyl halides is 1. The van der Waals surface area contributed by atoms with Crippen molar-refractivity contribution in [3.8, 4) is 0 Å². The summed E-state index contributed by atoms with van der Waals surface area (Å²) in [5, 5.41) is 7.05. The van der Waals surface area contributed by atoms with Crippen LogP contribution in [-0.4, -0.2) is 21.6 Å². The summed E-state index contributed by atoms with van der Waals surface area (Å²) in [6, 6.07) is 12.0. The van der Waals surface area contributed by atoms with Crippen molar-refractivity contribution < 1.29 is 4.79 Å². The number of rotatable bonds is 5. The Bertz CT molecular complexity index is 510. The Morgan fingerprint density at radius 2 is 2.06 bits per heavy atom. The number of hydrogen-bond acceptors (Lipinski definition) is 2. The third-order valence-electron chi connectivity index (χ3n) is 2.47. The second kappa shape index (κ2) is 6.21. The summed E-state index contributed by atoms with van der Waals surface area (Å²) in [5.74, 6) is -0.209. The normalized spacial score (nSPS) is 10.3. The van der Waals surface area contributed by atoms with E-state index in [1.165, 1.54) is 5.56 Å². The third kappa shape index (κ3) is 3.60. The van der Waals surface area contributed by atoms with Crippen molar-refractivity contribution in [2.45, 2.75) is 13.1 Å². The minimum Gasteiger partial charge on any atom is -0.349 e. The van der Waals surface area contributed by atoms with E-state index < -0.39 is 0 Å². The lowest BCUT2D eigenvalue weighted by atomic mass is 10.2. The molecular weight excluding hydrogens is 250 g/mol. The van der Waals surface area contributed by atoms with Gasteiger partial charge in [0.25, 0.3) is 0 Å². The van der Waals surface area contributed by atoms with Crippen LogP contribution in [0.1, 0.15) is 11.3 Å². The number of carbonyl (C=O) groups excluding carboxylic acids is 1. The van der Waals surface area contributed by atoms with E-state index in [4.69, 9.17) is 11.6 Å². The van der Waals surface area contributed by atoms with Gasteiger partial charge in [0.1, 0.15) is 5.88 Å². The molecule has 0 atom stereocenters. The molecule has 0 aliphatic rings. The van der Waals surface area contributed by atoms with Crippen LogP contribution in [0.5, 0.6) is 0 Å². The zero-order valence-corrected chi connectivity index (χ0v) is 10.6. The van der Waals surface area contributed by atoms with Crippen molar-refractivity contribution in [2.75, 3.05) is 5.88 Å². The number of aromatic nitrogens is 2. The van der Waals surface area contributed by atoms with Gasteiger partial charge in [-0.1, -0.05) is 30.3 Å². The Hall–Kier alpha value is -1.81. The van der Waals surface area contributed by atoms with Crippen LogP contribution in [0.4, 0.5) is 0 Å². The first kappa shape index (κ1) is 12.6. The van der Waals surface area contributed by atoms with Crippen LogP contribution in [-0.2, 0) is 17.9 Å². The molecule has 4 nitrogen and oxygen atoms in total. The molecule has 0 saturated heterocycles. The maximum atomic E-state index is 11.0. The van der Waals surface area contributed by atoms with Crippen molar-refractivity contribution >= 4 is 17.5 Å². The summed E-state index contributed by atoms with van der Waals surface area (Å²) in [4.78, 5) is 11.0. The molecule has 2 rings (SSSR count). The Kier molecular flexibility index (Phi) is 4.36. The van der Waals surface area contributed by atoms with E-state index in [-0.39, 0.29) is 11.8 Å². The van der Waals surface area contributed by atoms with Crippen LogP contribution < -0.4 is 5.32 Å². The summed E-state index contributed by atoms with van der Waals surface area (Å²) in [6.07, 6.45) is 1.90. The molecule has 0 aliphatic carbocycles. The van der Waals surface area contributed by atoms with Gasteiger partial charge in [-0.25, -0.2) is 0 Å². The Labute approximate surface area is 111 Å². The van der Waals surface area contributed by atoms with Crippen LogP contribution in [0.25, 0.3) is 0 Å². The van der Waals surface area contributed by atoms with Crippen molar-refractivity contribution in [1.29, 1.82) is 0 Å². The van der Waals surface area contributed by atoms with Crippen molar-refractivity contribution in [3.63, 3.8) is 0 Å². The summed E-state index contributed by atoms with van der Waals surface area (Å²) >= 11 is 5.39. The third-order valence-corrected chi connectivity index (χ3v) is 2.71. The van der Waals surface area contributed by atoms with Gasteiger partial charge in [-0.05, 0) is 11.6 Å². The molecule has 0 fully saturated rings. The van der Waals surface area contributed by atoms with Gasteiger partial charge in [0.15, 0.2) is 0 Å². The highest BCUT2D eigenvalue weighted by Gasteiger charge is 2.02. The molecule has 0 bridgehead atoms. The molecule has 18 heavy (non-hydrogen) atoms. The highest BCUT2D eigenvalue weighted by atomic mass is 35.5. The van der Waals surface area contributed by atoms with Gasteiger partial charge in [-0.15, -0.1) is 11.6 Å². The number of carbonyl (C=O) groups is 1. The summed E-state index contributed by atoms with van der Waals surface area (Å²) in [5.41, 5.74) is 2.02. The van der Waals surface area contributed by atoms with E-state index in [0.29, 0.717) is 6.54 Å². The van der Waals surface area contributed by atoms with E-state index >= 15 is 0 Å². The fourth-order valence-electron chi connectivity index (χ4n) is 1.59. The molecule has 1 N–H and O–H groups in total. The highest BCUT2D eigenvalue weighted by molar-refractivity contribution is 6.27. The van der Waals surface area contributed by atoms with Crippen LogP contribution in [0.15, 0.2) is 42.6 Å². The first-order valence-corrected chi connectivity index (χ1v) is 6.20. The van der Waals surface area contributed by atoms with Crippen molar-refractivity contribution in [1.82, 2.24) is 15.1 Å². The average molecular weight is 264 g/mol. The van der Waals surface area contributed by atoms with E-state index in [2.05, 4.69) is 22.5 Å². The highest BCUT2D eigenvalue weighted by Crippen LogP contribution is 2.03. The molecule has 5 heteroatoms. The van der Waals surface area contributed by atoms with Crippen molar-refractivity contribution in [3.05, 3.63) is 53.9 Å². The lowest BCUT2D eigenvalue weighted by Crippen LogP contribution is -2.24. The molecule has 1 aromatic carbocycles. The smallest absolute Gasteiger partial charge is 0.235 e. The minimum atomic E-state index is -0.186. The molecule has 94 valence electrons. The largest absolute Gasteiger partial charge is 0.349 e. The molecule has 1 amide bonds. The zero-order valence-electron chi connectivity index (χ0n) is 9.84. The number of amides is 1. The second-order valence-electron chi connectivity index (χ2n) is 3.90. The van der Waals surface area contributed by atoms with Gasteiger partial charge in [0.2, 0.25) is 5.91 Å². The number of halogens is 1. The molecule has 0 radical (unpaired) electrons. The molecule has 0 aliphatic heterocycles. The van der Waals surface area contributed by atoms with E-state index in [0.717, 1.165) is 12.2 Å². The fourth-order valence-corrected chi connectivity index (χ4v) is 1.69. The van der Waals surface area contributed by atoms with Gasteiger partial charge in [0.05, 0.1) is 18.8 Å². The summed E-state index contributed by atoms with van der Waals surface area (Å²) in [6.45, 7) is 1.14. The van der Waals surface area contributed by atoms with E-state index in [9.17, 15) is 4.79 Å². The van der Waals surface area contributed by atoms with Gasteiger partial charge in [0, 0.05) is 6.20 Å². The molecule has 0 saturated carbocycles. The molecule has 1 aromatic heterocycles. The number of hydrogen-bond donors (Lipinski definition) is 1. The van der Waals surface area contributed by atoms with Crippen molar-refractivity contribution in [2.24, 2.45) is 0 Å². The van der Waals surface area contributed by atoms with Gasteiger partial charge in [-0.3, -0.25) is 9.48 Å². The molecule has 0 spiro atoms. The zero-order chi connectivity index (χ0) is 12.8. The molecule has 1 heterocycles. The Morgan fingerprint density at radius 1 is 1.28 bits per heavy atom. The summed E-state index contributed by atoms with van der Waals surface area (Å²) in [7, 11) is 0. The number of nitrogens with one attached hydrogen (secondary N) is 1. The predicted molar refractivity (Wildman–Crippen MR) is 70.3 cm³/mol. The maximum absolute atomic E-state index is 11.0. The molecule has 2 aromatic rings. The van der Waals surface area contributed by atoms with Gasteiger partial charge >= 0.3 is 0 Å². The topological polar surface area (TPSA) is 46.9 Å². The maximum Gasteiger partial charge on any atom is 0.235 e. The standard InChI is InChI=1S/C13H14ClN3O/c14-8-13(18)15-9-12-6-7-17(16-12)10-11-4-2-1-3-5-11/h1-7H,8-10H2,(H,15,18).